The molecule has 0 radical (unpaired) electrons. The van der Waals surface area contributed by atoms with Crippen molar-refractivity contribution < 1.29 is 9.59 Å². The number of aryl methyl sites for hydroxylation is 2. The third kappa shape index (κ3) is 2.49. The summed E-state index contributed by atoms with van der Waals surface area (Å²) >= 11 is 1.30. The van der Waals surface area contributed by atoms with E-state index in [0.29, 0.717) is 0 Å². The second-order valence-electron chi connectivity index (χ2n) is 6.38. The molecule has 5 heteroatoms. The number of hydrogen-bond acceptors (Lipinski definition) is 3. The highest BCUT2D eigenvalue weighted by Gasteiger charge is 2.45. The highest BCUT2D eigenvalue weighted by Crippen LogP contribution is 2.42. The molecule has 0 bridgehead atoms. The molecule has 24 heavy (non-hydrogen) atoms. The topological polar surface area (TPSA) is 58.2 Å². The Hall–Kier alpha value is -2.27. The zero-order valence-electron chi connectivity index (χ0n) is 13.4. The lowest BCUT2D eigenvalue weighted by Crippen LogP contribution is -2.49. The van der Waals surface area contributed by atoms with Crippen LogP contribution in [0.5, 0.6) is 0 Å². The molecule has 2 aliphatic rings. The number of amides is 2. The van der Waals surface area contributed by atoms with Crippen LogP contribution < -0.4 is 10.6 Å². The van der Waals surface area contributed by atoms with Crippen molar-refractivity contribution in [2.24, 2.45) is 0 Å². The molecule has 122 valence electrons. The maximum Gasteiger partial charge on any atom is 0.250 e. The lowest BCUT2D eigenvalue weighted by molar-refractivity contribution is -0.126. The van der Waals surface area contributed by atoms with Crippen molar-refractivity contribution in [3.8, 4) is 0 Å². The summed E-state index contributed by atoms with van der Waals surface area (Å²) in [6, 6.07) is 13.6. The lowest BCUT2D eigenvalue weighted by atomic mass is 10.1. The van der Waals surface area contributed by atoms with E-state index in [1.54, 1.807) is 6.92 Å². The highest BCUT2D eigenvalue weighted by molar-refractivity contribution is 8.02. The standard InChI is InChI=1S/C19H18N2O2S/c1-19(18(23)21-15-7-2-3-8-16(15)24-19)17(22)20-14-10-9-12-5-4-6-13(12)11-14/h2-3,7-11H,4-6H2,1H3,(H,20,22)(H,21,23). The van der Waals surface area contributed by atoms with Gasteiger partial charge in [0.2, 0.25) is 11.8 Å². The fourth-order valence-corrected chi connectivity index (χ4v) is 4.32. The van der Waals surface area contributed by atoms with Crippen LogP contribution in [-0.2, 0) is 22.4 Å². The van der Waals surface area contributed by atoms with Gasteiger partial charge in [0.05, 0.1) is 5.69 Å². The van der Waals surface area contributed by atoms with Gasteiger partial charge in [0, 0.05) is 10.6 Å². The van der Waals surface area contributed by atoms with E-state index in [2.05, 4.69) is 16.7 Å². The summed E-state index contributed by atoms with van der Waals surface area (Å²) in [7, 11) is 0. The van der Waals surface area contributed by atoms with Crippen molar-refractivity contribution in [2.75, 3.05) is 10.6 Å². The minimum atomic E-state index is -1.19. The first-order chi connectivity index (χ1) is 11.6. The normalized spacial score (nSPS) is 21.6. The molecule has 1 heterocycles. The van der Waals surface area contributed by atoms with Crippen molar-refractivity contribution in [2.45, 2.75) is 35.8 Å². The summed E-state index contributed by atoms with van der Waals surface area (Å²) in [6.45, 7) is 1.67. The molecule has 2 N–H and O–H groups in total. The summed E-state index contributed by atoms with van der Waals surface area (Å²) in [6.07, 6.45) is 3.33. The Morgan fingerprint density at radius 3 is 2.83 bits per heavy atom. The second kappa shape index (κ2) is 5.67. The molecule has 1 atom stereocenters. The van der Waals surface area contributed by atoms with Crippen molar-refractivity contribution in [1.82, 2.24) is 0 Å². The Morgan fingerprint density at radius 2 is 1.96 bits per heavy atom. The number of carbonyl (C=O) groups excluding carboxylic acids is 2. The Balaban J connectivity index is 1.58. The summed E-state index contributed by atoms with van der Waals surface area (Å²) in [4.78, 5) is 26.2. The number of thioether (sulfide) groups is 1. The number of fused-ring (bicyclic) bond motifs is 2. The number of nitrogens with one attached hydrogen (secondary N) is 2. The molecular weight excluding hydrogens is 320 g/mol. The maximum atomic E-state index is 12.8. The van der Waals surface area contributed by atoms with Gasteiger partial charge in [-0.1, -0.05) is 30.0 Å². The first-order valence-electron chi connectivity index (χ1n) is 8.09. The van der Waals surface area contributed by atoms with Gasteiger partial charge in [0.25, 0.3) is 0 Å². The minimum absolute atomic E-state index is 0.287. The fraction of sp³-hybridized carbons (Fsp3) is 0.263. The SMILES string of the molecule is CC1(C(=O)Nc2ccc3c(c2)CCC3)Sc2ccccc2NC1=O. The van der Waals surface area contributed by atoms with E-state index in [9.17, 15) is 9.59 Å². The molecular formula is C19H18N2O2S. The molecule has 4 rings (SSSR count). The predicted molar refractivity (Wildman–Crippen MR) is 96.4 cm³/mol. The number of hydrogen-bond donors (Lipinski definition) is 2. The third-order valence-corrected chi connectivity index (χ3v) is 6.03. The highest BCUT2D eigenvalue weighted by atomic mass is 32.2. The van der Waals surface area contributed by atoms with Crippen LogP contribution in [-0.4, -0.2) is 16.6 Å². The van der Waals surface area contributed by atoms with Gasteiger partial charge in [-0.3, -0.25) is 9.59 Å². The molecule has 0 spiro atoms. The summed E-state index contributed by atoms with van der Waals surface area (Å²) in [5.41, 5.74) is 4.17. The van der Waals surface area contributed by atoms with E-state index in [4.69, 9.17) is 0 Å². The molecule has 0 saturated heterocycles. The van der Waals surface area contributed by atoms with Gasteiger partial charge in [-0.2, -0.15) is 0 Å². The zero-order valence-corrected chi connectivity index (χ0v) is 14.2. The summed E-state index contributed by atoms with van der Waals surface area (Å²) in [5.74, 6) is -0.581. The molecule has 0 aromatic heterocycles. The molecule has 0 saturated carbocycles. The van der Waals surface area contributed by atoms with Crippen LogP contribution in [0.4, 0.5) is 11.4 Å². The summed E-state index contributed by atoms with van der Waals surface area (Å²) < 4.78 is -1.19. The Kier molecular flexibility index (Phi) is 3.61. The third-order valence-electron chi connectivity index (χ3n) is 4.67. The van der Waals surface area contributed by atoms with Gasteiger partial charge >= 0.3 is 0 Å². The van der Waals surface area contributed by atoms with Gasteiger partial charge in [0.15, 0.2) is 4.75 Å². The van der Waals surface area contributed by atoms with E-state index in [1.165, 1.54) is 29.3 Å². The lowest BCUT2D eigenvalue weighted by Gasteiger charge is -2.31. The smallest absolute Gasteiger partial charge is 0.250 e. The van der Waals surface area contributed by atoms with E-state index < -0.39 is 4.75 Å². The summed E-state index contributed by atoms with van der Waals surface area (Å²) in [5, 5.41) is 5.76. The Labute approximate surface area is 145 Å². The van der Waals surface area contributed by atoms with Gasteiger partial charge in [0.1, 0.15) is 0 Å². The average Bonchev–Trinajstić information content (AvgIpc) is 3.03. The Morgan fingerprint density at radius 1 is 1.17 bits per heavy atom. The largest absolute Gasteiger partial charge is 0.324 e. The van der Waals surface area contributed by atoms with Crippen molar-refractivity contribution in [1.29, 1.82) is 0 Å². The predicted octanol–water partition coefficient (Wildman–Crippen LogP) is 3.62. The molecule has 1 aliphatic carbocycles. The molecule has 2 amide bonds. The molecule has 1 aliphatic heterocycles. The zero-order chi connectivity index (χ0) is 16.7. The van der Waals surface area contributed by atoms with Crippen molar-refractivity contribution in [3.05, 3.63) is 53.6 Å². The number of para-hydroxylation sites is 1. The van der Waals surface area contributed by atoms with Crippen LogP contribution >= 0.6 is 11.8 Å². The second-order valence-corrected chi connectivity index (χ2v) is 7.84. The van der Waals surface area contributed by atoms with E-state index >= 15 is 0 Å². The fourth-order valence-electron chi connectivity index (χ4n) is 3.22. The van der Waals surface area contributed by atoms with Crippen LogP contribution in [0.1, 0.15) is 24.5 Å². The number of benzene rings is 2. The van der Waals surface area contributed by atoms with Crippen LogP contribution in [0.3, 0.4) is 0 Å². The van der Waals surface area contributed by atoms with E-state index in [-0.39, 0.29) is 11.8 Å². The van der Waals surface area contributed by atoms with E-state index in [0.717, 1.165) is 29.1 Å². The van der Waals surface area contributed by atoms with Gasteiger partial charge in [-0.15, -0.1) is 0 Å². The molecule has 0 fully saturated rings. The molecule has 2 aromatic rings. The van der Waals surface area contributed by atoms with Crippen LogP contribution in [0.15, 0.2) is 47.4 Å². The van der Waals surface area contributed by atoms with Gasteiger partial charge in [-0.25, -0.2) is 0 Å². The minimum Gasteiger partial charge on any atom is -0.324 e. The number of rotatable bonds is 2. The molecule has 1 unspecified atom stereocenters. The van der Waals surface area contributed by atoms with Gasteiger partial charge < -0.3 is 10.6 Å². The first-order valence-corrected chi connectivity index (χ1v) is 8.91. The van der Waals surface area contributed by atoms with E-state index in [1.807, 2.05) is 36.4 Å². The first kappa shape index (κ1) is 15.3. The average molecular weight is 338 g/mol. The molecule has 4 nitrogen and oxygen atoms in total. The molecule has 2 aromatic carbocycles. The van der Waals surface area contributed by atoms with Crippen LogP contribution in [0.25, 0.3) is 0 Å². The van der Waals surface area contributed by atoms with Crippen molar-refractivity contribution >= 4 is 35.0 Å². The van der Waals surface area contributed by atoms with Crippen LogP contribution in [0.2, 0.25) is 0 Å². The number of carbonyl (C=O) groups is 2. The van der Waals surface area contributed by atoms with Crippen LogP contribution in [0, 0.1) is 0 Å². The Bertz CT molecular complexity index is 849. The van der Waals surface area contributed by atoms with Gasteiger partial charge in [-0.05, 0) is 61.6 Å². The van der Waals surface area contributed by atoms with Crippen molar-refractivity contribution in [3.63, 3.8) is 0 Å². The monoisotopic (exact) mass is 338 g/mol. The maximum absolute atomic E-state index is 12.8. The number of anilines is 2. The quantitative estimate of drug-likeness (QED) is 0.822.